The fourth-order valence-corrected chi connectivity index (χ4v) is 2.31. The molecule has 0 aromatic heterocycles. The van der Waals surface area contributed by atoms with Crippen molar-refractivity contribution in [2.24, 2.45) is 0 Å². The van der Waals surface area contributed by atoms with Crippen LogP contribution in [0, 0.1) is 0 Å². The van der Waals surface area contributed by atoms with Crippen molar-refractivity contribution < 1.29 is 23.7 Å². The molecule has 1 fully saturated rings. The molecule has 0 aromatic carbocycles. The van der Waals surface area contributed by atoms with Crippen molar-refractivity contribution in [1.82, 2.24) is 4.90 Å². The van der Waals surface area contributed by atoms with Crippen LogP contribution in [0.3, 0.4) is 0 Å². The average Bonchev–Trinajstić information content (AvgIpc) is 2.42. The smallest absolute Gasteiger partial charge is 0.410 e. The van der Waals surface area contributed by atoms with E-state index >= 15 is 0 Å². The maximum Gasteiger partial charge on any atom is 0.410 e. The lowest BCUT2D eigenvalue weighted by atomic mass is 9.98. The standard InChI is InChI=1S/C13H23NO5/c1-6-7-18-13(15)14(3)12-9(2)19-11(17-5)8-10(12)16-4/h6,9-12H,1,7-8H2,2-5H3/t9-,10-,11?,12+/m0/s1. The Labute approximate surface area is 114 Å². The summed E-state index contributed by atoms with van der Waals surface area (Å²) in [5.74, 6) is 0. The molecule has 6 heteroatoms. The van der Waals surface area contributed by atoms with Crippen molar-refractivity contribution in [3.05, 3.63) is 12.7 Å². The third-order valence-electron chi connectivity index (χ3n) is 3.28. The third kappa shape index (κ3) is 3.92. The van der Waals surface area contributed by atoms with Crippen LogP contribution >= 0.6 is 0 Å². The Morgan fingerprint density at radius 1 is 1.47 bits per heavy atom. The van der Waals surface area contributed by atoms with Crippen LogP contribution in [0.25, 0.3) is 0 Å². The summed E-state index contributed by atoms with van der Waals surface area (Å²) in [6.07, 6.45) is 1.01. The van der Waals surface area contributed by atoms with Gasteiger partial charge in [0.25, 0.3) is 0 Å². The van der Waals surface area contributed by atoms with E-state index in [1.165, 1.54) is 11.0 Å². The molecule has 0 aliphatic carbocycles. The van der Waals surface area contributed by atoms with Crippen LogP contribution in [0.5, 0.6) is 0 Å². The summed E-state index contributed by atoms with van der Waals surface area (Å²) in [5, 5.41) is 0. The van der Waals surface area contributed by atoms with Crippen LogP contribution in [0.15, 0.2) is 12.7 Å². The molecule has 1 rings (SSSR count). The Bertz CT molecular complexity index is 309. The van der Waals surface area contributed by atoms with Crippen molar-refractivity contribution in [2.45, 2.75) is 37.9 Å². The zero-order valence-electron chi connectivity index (χ0n) is 12.0. The number of nitrogens with zero attached hydrogens (tertiary/aromatic N) is 1. The van der Waals surface area contributed by atoms with Gasteiger partial charge in [0.05, 0.1) is 18.2 Å². The summed E-state index contributed by atoms with van der Waals surface area (Å²) >= 11 is 0. The topological polar surface area (TPSA) is 57.2 Å². The zero-order chi connectivity index (χ0) is 14.4. The molecular weight excluding hydrogens is 250 g/mol. The average molecular weight is 273 g/mol. The van der Waals surface area contributed by atoms with Crippen LogP contribution in [-0.4, -0.2) is 63.4 Å². The minimum absolute atomic E-state index is 0.157. The van der Waals surface area contributed by atoms with Gasteiger partial charge in [-0.3, -0.25) is 0 Å². The van der Waals surface area contributed by atoms with E-state index in [1.807, 2.05) is 6.92 Å². The van der Waals surface area contributed by atoms with Gasteiger partial charge in [0.2, 0.25) is 0 Å². The van der Waals surface area contributed by atoms with E-state index in [2.05, 4.69) is 6.58 Å². The first-order chi connectivity index (χ1) is 9.04. The van der Waals surface area contributed by atoms with Crippen LogP contribution in [0.4, 0.5) is 4.79 Å². The quantitative estimate of drug-likeness (QED) is 0.709. The molecule has 0 N–H and O–H groups in total. The lowest BCUT2D eigenvalue weighted by Crippen LogP contribution is -2.57. The third-order valence-corrected chi connectivity index (χ3v) is 3.28. The molecule has 110 valence electrons. The summed E-state index contributed by atoms with van der Waals surface area (Å²) in [6.45, 7) is 5.58. The van der Waals surface area contributed by atoms with E-state index in [4.69, 9.17) is 18.9 Å². The second-order valence-electron chi connectivity index (χ2n) is 4.48. The van der Waals surface area contributed by atoms with E-state index < -0.39 is 6.09 Å². The molecule has 1 heterocycles. The molecule has 19 heavy (non-hydrogen) atoms. The van der Waals surface area contributed by atoms with Gasteiger partial charge in [0, 0.05) is 27.7 Å². The normalized spacial score (nSPS) is 30.7. The van der Waals surface area contributed by atoms with E-state index in [-0.39, 0.29) is 31.1 Å². The Kier molecular flexibility index (Phi) is 6.27. The van der Waals surface area contributed by atoms with Crippen LogP contribution in [-0.2, 0) is 18.9 Å². The molecule has 1 aliphatic heterocycles. The predicted molar refractivity (Wildman–Crippen MR) is 69.9 cm³/mol. The highest BCUT2D eigenvalue weighted by Crippen LogP contribution is 2.26. The van der Waals surface area contributed by atoms with Gasteiger partial charge in [0.1, 0.15) is 6.61 Å². The molecule has 0 bridgehead atoms. The van der Waals surface area contributed by atoms with Crippen molar-refractivity contribution in [2.75, 3.05) is 27.9 Å². The first-order valence-corrected chi connectivity index (χ1v) is 6.26. The van der Waals surface area contributed by atoms with E-state index in [9.17, 15) is 4.79 Å². The highest BCUT2D eigenvalue weighted by molar-refractivity contribution is 5.68. The van der Waals surface area contributed by atoms with E-state index in [0.717, 1.165) is 0 Å². The predicted octanol–water partition coefficient (Wildman–Crippen LogP) is 1.41. The van der Waals surface area contributed by atoms with Crippen molar-refractivity contribution >= 4 is 6.09 Å². The molecule has 0 spiro atoms. The number of carbonyl (C=O) groups excluding carboxylic acids is 1. The van der Waals surface area contributed by atoms with Crippen LogP contribution < -0.4 is 0 Å². The van der Waals surface area contributed by atoms with Crippen molar-refractivity contribution in [3.63, 3.8) is 0 Å². The van der Waals surface area contributed by atoms with Gasteiger partial charge >= 0.3 is 6.09 Å². The molecule has 1 saturated heterocycles. The lowest BCUT2D eigenvalue weighted by molar-refractivity contribution is -0.224. The minimum Gasteiger partial charge on any atom is -0.445 e. The lowest BCUT2D eigenvalue weighted by Gasteiger charge is -2.43. The Morgan fingerprint density at radius 2 is 2.16 bits per heavy atom. The summed E-state index contributed by atoms with van der Waals surface area (Å²) in [7, 11) is 4.88. The summed E-state index contributed by atoms with van der Waals surface area (Å²) in [5.41, 5.74) is 0. The fraction of sp³-hybridized carbons (Fsp3) is 0.769. The van der Waals surface area contributed by atoms with E-state index in [0.29, 0.717) is 6.42 Å². The van der Waals surface area contributed by atoms with Gasteiger partial charge in [-0.05, 0) is 6.92 Å². The first kappa shape index (κ1) is 15.9. The van der Waals surface area contributed by atoms with Gasteiger partial charge in [-0.15, -0.1) is 0 Å². The number of ether oxygens (including phenoxy) is 4. The number of hydrogen-bond donors (Lipinski definition) is 0. The molecule has 0 aromatic rings. The molecule has 1 aliphatic rings. The summed E-state index contributed by atoms with van der Waals surface area (Å²) in [4.78, 5) is 13.4. The fourth-order valence-electron chi connectivity index (χ4n) is 2.31. The summed E-state index contributed by atoms with van der Waals surface area (Å²) in [6, 6.07) is -0.214. The molecule has 0 saturated carbocycles. The number of methoxy groups -OCH3 is 2. The highest BCUT2D eigenvalue weighted by atomic mass is 16.7. The molecular formula is C13H23NO5. The maximum atomic E-state index is 11.9. The maximum absolute atomic E-state index is 11.9. The largest absolute Gasteiger partial charge is 0.445 e. The molecule has 6 nitrogen and oxygen atoms in total. The number of rotatable bonds is 5. The number of amides is 1. The number of carbonyl (C=O) groups is 1. The van der Waals surface area contributed by atoms with Gasteiger partial charge in [-0.25, -0.2) is 4.79 Å². The SMILES string of the molecule is C=CCOC(=O)N(C)[C@@H]1[C@H](C)OC(OC)C[C@@H]1OC. The van der Waals surface area contributed by atoms with Crippen LogP contribution in [0.1, 0.15) is 13.3 Å². The Morgan fingerprint density at radius 3 is 2.68 bits per heavy atom. The Hall–Kier alpha value is -1.11. The second kappa shape index (κ2) is 7.47. The highest BCUT2D eigenvalue weighted by Gasteiger charge is 2.41. The minimum atomic E-state index is -0.418. The van der Waals surface area contributed by atoms with Crippen molar-refractivity contribution in [3.8, 4) is 0 Å². The molecule has 1 unspecified atom stereocenters. The Balaban J connectivity index is 2.72. The first-order valence-electron chi connectivity index (χ1n) is 6.26. The van der Waals surface area contributed by atoms with Gasteiger partial charge in [-0.1, -0.05) is 12.7 Å². The van der Waals surface area contributed by atoms with Gasteiger partial charge in [0.15, 0.2) is 6.29 Å². The van der Waals surface area contributed by atoms with Gasteiger partial charge < -0.3 is 23.8 Å². The molecule has 1 amide bonds. The molecule has 0 radical (unpaired) electrons. The number of likely N-dealkylation sites (N-methyl/N-ethyl adjacent to an activating group) is 1. The monoisotopic (exact) mass is 273 g/mol. The van der Waals surface area contributed by atoms with Gasteiger partial charge in [-0.2, -0.15) is 0 Å². The zero-order valence-corrected chi connectivity index (χ0v) is 12.0. The van der Waals surface area contributed by atoms with Crippen LogP contribution in [0.2, 0.25) is 0 Å². The number of hydrogen-bond acceptors (Lipinski definition) is 5. The molecule has 4 atom stereocenters. The second-order valence-corrected chi connectivity index (χ2v) is 4.48. The summed E-state index contributed by atoms with van der Waals surface area (Å²) < 4.78 is 21.4. The van der Waals surface area contributed by atoms with E-state index in [1.54, 1.807) is 21.3 Å². The van der Waals surface area contributed by atoms with Crippen molar-refractivity contribution in [1.29, 1.82) is 0 Å².